The number of aromatic nitrogens is 2. The Morgan fingerprint density at radius 1 is 1.37 bits per heavy atom. The van der Waals surface area contributed by atoms with E-state index < -0.39 is 0 Å². The largest absolute Gasteiger partial charge is 0.394 e. The molecular weight excluding hydrogens is 384 g/mol. The molecule has 1 saturated heterocycles. The summed E-state index contributed by atoms with van der Waals surface area (Å²) in [6.07, 6.45) is 3.83. The molecule has 0 aliphatic carbocycles. The van der Waals surface area contributed by atoms with Crippen LogP contribution in [0.25, 0.3) is 11.7 Å². The molecule has 1 fully saturated rings. The SMILES string of the molecule is CCC(CO)Nc1nc2ccccn2c(=O)c1C=C1SC(=S)N(CC)C1=O. The molecule has 0 radical (unpaired) electrons. The molecule has 1 aliphatic heterocycles. The summed E-state index contributed by atoms with van der Waals surface area (Å²) in [4.78, 5) is 32.0. The Morgan fingerprint density at radius 2 is 2.15 bits per heavy atom. The lowest BCUT2D eigenvalue weighted by atomic mass is 10.2. The lowest BCUT2D eigenvalue weighted by molar-refractivity contribution is -0.121. The minimum Gasteiger partial charge on any atom is -0.394 e. The predicted molar refractivity (Wildman–Crippen MR) is 112 cm³/mol. The van der Waals surface area contributed by atoms with Gasteiger partial charge in [-0.3, -0.25) is 18.9 Å². The average Bonchev–Trinajstić information content (AvgIpc) is 2.95. The van der Waals surface area contributed by atoms with Crippen LogP contribution in [0, 0.1) is 0 Å². The molecule has 27 heavy (non-hydrogen) atoms. The van der Waals surface area contributed by atoms with E-state index >= 15 is 0 Å². The number of hydrogen-bond donors (Lipinski definition) is 2. The van der Waals surface area contributed by atoms with Crippen molar-refractivity contribution in [3.8, 4) is 0 Å². The lowest BCUT2D eigenvalue weighted by Gasteiger charge is -2.17. The fourth-order valence-corrected chi connectivity index (χ4v) is 4.08. The molecule has 2 N–H and O–H groups in total. The summed E-state index contributed by atoms with van der Waals surface area (Å²) >= 11 is 6.41. The molecule has 3 heterocycles. The van der Waals surface area contributed by atoms with Gasteiger partial charge >= 0.3 is 0 Å². The maximum absolute atomic E-state index is 13.0. The van der Waals surface area contributed by atoms with Gasteiger partial charge < -0.3 is 10.4 Å². The second kappa shape index (κ2) is 8.20. The van der Waals surface area contributed by atoms with Crippen LogP contribution in [0.3, 0.4) is 0 Å². The number of aliphatic hydroxyl groups is 1. The summed E-state index contributed by atoms with van der Waals surface area (Å²) in [5.41, 5.74) is 0.455. The van der Waals surface area contributed by atoms with Crippen LogP contribution < -0.4 is 10.9 Å². The van der Waals surface area contributed by atoms with Crippen molar-refractivity contribution in [2.24, 2.45) is 0 Å². The highest BCUT2D eigenvalue weighted by molar-refractivity contribution is 8.26. The van der Waals surface area contributed by atoms with E-state index in [1.165, 1.54) is 27.1 Å². The number of fused-ring (bicyclic) bond motifs is 1. The standard InChI is InChI=1S/C18H20N4O3S2/c1-3-11(10-23)19-15-12(9-13-17(25)21(4-2)18(26)27-13)16(24)22-8-6-5-7-14(22)20-15/h5-9,11,19,23H,3-4,10H2,1-2H3. The number of carbonyl (C=O) groups excluding carboxylic acids is 1. The van der Waals surface area contributed by atoms with Crippen LogP contribution >= 0.6 is 24.0 Å². The molecule has 1 amide bonds. The molecule has 7 nitrogen and oxygen atoms in total. The first-order chi connectivity index (χ1) is 13.0. The van der Waals surface area contributed by atoms with E-state index in [4.69, 9.17) is 12.2 Å². The fourth-order valence-electron chi connectivity index (χ4n) is 2.72. The number of likely N-dealkylation sites (N-methyl/N-ethyl adjacent to an activating group) is 1. The van der Waals surface area contributed by atoms with Crippen molar-refractivity contribution in [2.75, 3.05) is 18.5 Å². The third-order valence-corrected chi connectivity index (χ3v) is 5.67. The number of nitrogens with one attached hydrogen (secondary N) is 1. The van der Waals surface area contributed by atoms with Crippen LogP contribution in [0.15, 0.2) is 34.1 Å². The number of aliphatic hydroxyl groups excluding tert-OH is 1. The van der Waals surface area contributed by atoms with E-state index in [2.05, 4.69) is 10.3 Å². The molecule has 0 spiro atoms. The lowest BCUT2D eigenvalue weighted by Crippen LogP contribution is -2.28. The highest BCUT2D eigenvalue weighted by Crippen LogP contribution is 2.32. The fraction of sp³-hybridized carbons (Fsp3) is 0.333. The van der Waals surface area contributed by atoms with Gasteiger partial charge in [0.1, 0.15) is 15.8 Å². The van der Waals surface area contributed by atoms with Crippen molar-refractivity contribution in [2.45, 2.75) is 26.3 Å². The third kappa shape index (κ3) is 3.76. The first-order valence-corrected chi connectivity index (χ1v) is 9.86. The summed E-state index contributed by atoms with van der Waals surface area (Å²) in [5.74, 6) is 0.124. The van der Waals surface area contributed by atoms with E-state index in [9.17, 15) is 14.7 Å². The van der Waals surface area contributed by atoms with Crippen molar-refractivity contribution in [3.05, 3.63) is 45.2 Å². The van der Waals surface area contributed by atoms with Gasteiger partial charge in [-0.05, 0) is 31.6 Å². The number of rotatable bonds is 6. The number of thiocarbonyl (C=S) groups is 1. The highest BCUT2D eigenvalue weighted by Gasteiger charge is 2.31. The minimum atomic E-state index is -0.294. The zero-order chi connectivity index (χ0) is 19.6. The molecule has 2 aromatic rings. The Morgan fingerprint density at radius 3 is 2.78 bits per heavy atom. The molecule has 0 aromatic carbocycles. The van der Waals surface area contributed by atoms with Gasteiger partial charge in [0.25, 0.3) is 11.5 Å². The summed E-state index contributed by atoms with van der Waals surface area (Å²) in [5, 5.41) is 12.6. The normalized spacial score (nSPS) is 17.1. The van der Waals surface area contributed by atoms with Crippen molar-refractivity contribution in [1.29, 1.82) is 0 Å². The molecule has 142 valence electrons. The van der Waals surface area contributed by atoms with Crippen LogP contribution in [0.4, 0.5) is 5.82 Å². The predicted octanol–water partition coefficient (Wildman–Crippen LogP) is 2.10. The molecule has 1 aliphatic rings. The van der Waals surface area contributed by atoms with Gasteiger partial charge in [-0.1, -0.05) is 37.0 Å². The average molecular weight is 405 g/mol. The van der Waals surface area contributed by atoms with Crippen LogP contribution in [-0.2, 0) is 4.79 Å². The third-order valence-electron chi connectivity index (χ3n) is 4.29. The van der Waals surface area contributed by atoms with Gasteiger partial charge in [-0.2, -0.15) is 0 Å². The Kier molecular flexibility index (Phi) is 5.93. The smallest absolute Gasteiger partial charge is 0.267 e. The minimum absolute atomic E-state index is 0.0935. The van der Waals surface area contributed by atoms with E-state index in [0.717, 1.165) is 0 Å². The van der Waals surface area contributed by atoms with Crippen LogP contribution in [-0.4, -0.2) is 48.8 Å². The highest BCUT2D eigenvalue weighted by atomic mass is 32.2. The van der Waals surface area contributed by atoms with Crippen molar-refractivity contribution < 1.29 is 9.90 Å². The number of amides is 1. The first-order valence-electron chi connectivity index (χ1n) is 8.64. The number of pyridine rings is 1. The van der Waals surface area contributed by atoms with Crippen LogP contribution in [0.1, 0.15) is 25.8 Å². The second-order valence-electron chi connectivity index (χ2n) is 5.97. The molecule has 1 unspecified atom stereocenters. The number of thioether (sulfide) groups is 1. The van der Waals surface area contributed by atoms with Crippen molar-refractivity contribution in [1.82, 2.24) is 14.3 Å². The Labute approximate surface area is 166 Å². The summed E-state index contributed by atoms with van der Waals surface area (Å²) < 4.78 is 1.90. The van der Waals surface area contributed by atoms with Gasteiger partial charge in [0.2, 0.25) is 0 Å². The molecule has 0 saturated carbocycles. The van der Waals surface area contributed by atoms with Gasteiger partial charge in [-0.15, -0.1) is 0 Å². The first kappa shape index (κ1) is 19.5. The molecule has 3 rings (SSSR count). The van der Waals surface area contributed by atoms with Gasteiger partial charge in [0.15, 0.2) is 0 Å². The van der Waals surface area contributed by atoms with E-state index in [0.29, 0.717) is 33.7 Å². The van der Waals surface area contributed by atoms with Gasteiger partial charge in [0.05, 0.1) is 23.1 Å². The molecular formula is C18H20N4O3S2. The zero-order valence-electron chi connectivity index (χ0n) is 15.0. The summed E-state index contributed by atoms with van der Waals surface area (Å²) in [6, 6.07) is 5.01. The van der Waals surface area contributed by atoms with Crippen LogP contribution in [0.5, 0.6) is 0 Å². The number of nitrogens with zero attached hydrogens (tertiary/aromatic N) is 3. The Balaban J connectivity index is 2.16. The van der Waals surface area contributed by atoms with E-state index in [1.54, 1.807) is 24.4 Å². The van der Waals surface area contributed by atoms with Gasteiger partial charge in [-0.25, -0.2) is 4.98 Å². The Bertz CT molecular complexity index is 982. The monoisotopic (exact) mass is 404 g/mol. The maximum Gasteiger partial charge on any atom is 0.267 e. The molecule has 0 bridgehead atoms. The summed E-state index contributed by atoms with van der Waals surface area (Å²) in [6.45, 7) is 4.16. The van der Waals surface area contributed by atoms with Crippen molar-refractivity contribution >= 4 is 51.7 Å². The molecule has 9 heteroatoms. The Hall–Kier alpha value is -2.23. The second-order valence-corrected chi connectivity index (χ2v) is 7.64. The maximum atomic E-state index is 13.0. The van der Waals surface area contributed by atoms with Crippen molar-refractivity contribution in [3.63, 3.8) is 0 Å². The quantitative estimate of drug-likeness (QED) is 0.563. The topological polar surface area (TPSA) is 86.9 Å². The molecule has 1 atom stereocenters. The number of carbonyl (C=O) groups is 1. The zero-order valence-corrected chi connectivity index (χ0v) is 16.6. The number of hydrogen-bond acceptors (Lipinski definition) is 7. The van der Waals surface area contributed by atoms with E-state index in [-0.39, 0.29) is 29.7 Å². The number of anilines is 1. The summed E-state index contributed by atoms with van der Waals surface area (Å²) in [7, 11) is 0. The molecule has 2 aromatic heterocycles. The van der Waals surface area contributed by atoms with Crippen LogP contribution in [0.2, 0.25) is 0 Å². The van der Waals surface area contributed by atoms with Gasteiger partial charge in [0, 0.05) is 12.7 Å². The van der Waals surface area contributed by atoms with E-state index in [1.807, 2.05) is 13.8 Å².